The van der Waals surface area contributed by atoms with Gasteiger partial charge in [0.2, 0.25) is 0 Å². The summed E-state index contributed by atoms with van der Waals surface area (Å²) in [6, 6.07) is 3.69. The smallest absolute Gasteiger partial charge is 0.413 e. The molecule has 1 aromatic rings. The fraction of sp³-hybridized carbons (Fsp3) is 0.600. The molecular formula is C15H23N3O2S. The minimum Gasteiger partial charge on any atom is -0.444 e. The van der Waals surface area contributed by atoms with Crippen molar-refractivity contribution in [3.05, 3.63) is 18.3 Å². The first-order valence-corrected chi connectivity index (χ1v) is 8.35. The second kappa shape index (κ2) is 7.02. The standard InChI is InChI=1S/C15H23N3O2S/c1-15(2,3)20-14(19)18-13-5-4-12(9-17-13)16-8-11-6-7-21-10-11/h4-5,9,11,16H,6-8,10H2,1-3H3,(H,17,18,19). The van der Waals surface area contributed by atoms with Crippen LogP contribution in [0.2, 0.25) is 0 Å². The highest BCUT2D eigenvalue weighted by atomic mass is 32.2. The predicted octanol–water partition coefficient (Wildman–Crippen LogP) is 3.59. The number of ether oxygens (including phenoxy) is 1. The number of carbonyl (C=O) groups excluding carboxylic acids is 1. The number of hydrogen-bond donors (Lipinski definition) is 2. The number of amides is 1. The van der Waals surface area contributed by atoms with Gasteiger partial charge in [-0.25, -0.2) is 9.78 Å². The van der Waals surface area contributed by atoms with Crippen LogP contribution in [0.1, 0.15) is 27.2 Å². The van der Waals surface area contributed by atoms with E-state index < -0.39 is 11.7 Å². The Morgan fingerprint density at radius 1 is 1.48 bits per heavy atom. The lowest BCUT2D eigenvalue weighted by molar-refractivity contribution is 0.0635. The Morgan fingerprint density at radius 3 is 2.86 bits per heavy atom. The van der Waals surface area contributed by atoms with E-state index in [4.69, 9.17) is 4.74 Å². The van der Waals surface area contributed by atoms with E-state index in [-0.39, 0.29) is 0 Å². The lowest BCUT2D eigenvalue weighted by Gasteiger charge is -2.19. The number of pyridine rings is 1. The average Bonchev–Trinajstić information content (AvgIpc) is 2.89. The zero-order valence-electron chi connectivity index (χ0n) is 12.8. The van der Waals surface area contributed by atoms with Crippen LogP contribution >= 0.6 is 11.8 Å². The molecule has 1 saturated heterocycles. The van der Waals surface area contributed by atoms with Gasteiger partial charge in [0.05, 0.1) is 11.9 Å². The maximum absolute atomic E-state index is 11.6. The van der Waals surface area contributed by atoms with Gasteiger partial charge < -0.3 is 10.1 Å². The summed E-state index contributed by atoms with van der Waals surface area (Å²) in [6.45, 7) is 6.46. The second-order valence-electron chi connectivity index (χ2n) is 6.17. The van der Waals surface area contributed by atoms with Crippen LogP contribution in [-0.2, 0) is 4.74 Å². The van der Waals surface area contributed by atoms with Gasteiger partial charge in [0.25, 0.3) is 0 Å². The summed E-state index contributed by atoms with van der Waals surface area (Å²) < 4.78 is 5.18. The predicted molar refractivity (Wildman–Crippen MR) is 88.0 cm³/mol. The van der Waals surface area contributed by atoms with E-state index in [1.54, 1.807) is 12.3 Å². The van der Waals surface area contributed by atoms with Gasteiger partial charge in [-0.3, -0.25) is 5.32 Å². The minimum absolute atomic E-state index is 0.487. The first kappa shape index (κ1) is 15.9. The van der Waals surface area contributed by atoms with E-state index in [9.17, 15) is 4.79 Å². The third kappa shape index (κ3) is 5.83. The van der Waals surface area contributed by atoms with Crippen LogP contribution in [0.15, 0.2) is 18.3 Å². The van der Waals surface area contributed by atoms with Crippen LogP contribution in [0.4, 0.5) is 16.3 Å². The SMILES string of the molecule is CC(C)(C)OC(=O)Nc1ccc(NCC2CCSC2)cn1. The van der Waals surface area contributed by atoms with Gasteiger partial charge in [-0.15, -0.1) is 0 Å². The van der Waals surface area contributed by atoms with E-state index in [0.29, 0.717) is 5.82 Å². The van der Waals surface area contributed by atoms with E-state index >= 15 is 0 Å². The number of aromatic nitrogens is 1. The molecule has 2 N–H and O–H groups in total. The number of nitrogens with zero attached hydrogens (tertiary/aromatic N) is 1. The maximum Gasteiger partial charge on any atom is 0.413 e. The molecule has 0 aromatic carbocycles. The van der Waals surface area contributed by atoms with Crippen LogP contribution in [0.25, 0.3) is 0 Å². The van der Waals surface area contributed by atoms with E-state index in [1.807, 2.05) is 38.6 Å². The largest absolute Gasteiger partial charge is 0.444 e. The summed E-state index contributed by atoms with van der Waals surface area (Å²) in [7, 11) is 0. The first-order chi connectivity index (χ1) is 9.92. The molecular weight excluding hydrogens is 286 g/mol. The van der Waals surface area contributed by atoms with Crippen molar-refractivity contribution in [3.8, 4) is 0 Å². The molecule has 1 aliphatic heterocycles. The monoisotopic (exact) mass is 309 g/mol. The fourth-order valence-electron chi connectivity index (χ4n) is 1.99. The van der Waals surface area contributed by atoms with Gasteiger partial charge in [-0.05, 0) is 56.7 Å². The lowest BCUT2D eigenvalue weighted by atomic mass is 10.1. The molecule has 0 radical (unpaired) electrons. The Hall–Kier alpha value is -1.43. The Kier molecular flexibility index (Phi) is 5.33. The molecule has 1 unspecified atom stereocenters. The lowest BCUT2D eigenvalue weighted by Crippen LogP contribution is -2.27. The number of thioether (sulfide) groups is 1. The van der Waals surface area contributed by atoms with Gasteiger partial charge >= 0.3 is 6.09 Å². The Morgan fingerprint density at radius 2 is 2.29 bits per heavy atom. The number of hydrogen-bond acceptors (Lipinski definition) is 5. The molecule has 1 aromatic heterocycles. The van der Waals surface area contributed by atoms with Gasteiger partial charge in [0, 0.05) is 6.54 Å². The molecule has 2 heterocycles. The van der Waals surface area contributed by atoms with Crippen LogP contribution in [0, 0.1) is 5.92 Å². The highest BCUT2D eigenvalue weighted by Gasteiger charge is 2.17. The number of carbonyl (C=O) groups is 1. The van der Waals surface area contributed by atoms with Crippen LogP contribution in [0.5, 0.6) is 0 Å². The second-order valence-corrected chi connectivity index (χ2v) is 7.32. The molecule has 0 saturated carbocycles. The molecule has 0 spiro atoms. The van der Waals surface area contributed by atoms with Crippen molar-refractivity contribution >= 4 is 29.4 Å². The normalized spacial score (nSPS) is 18.3. The van der Waals surface area contributed by atoms with Crippen molar-refractivity contribution in [2.45, 2.75) is 32.8 Å². The van der Waals surface area contributed by atoms with Crippen molar-refractivity contribution in [1.29, 1.82) is 0 Å². The molecule has 1 fully saturated rings. The summed E-state index contributed by atoms with van der Waals surface area (Å²) in [5, 5.41) is 6.01. The number of anilines is 2. The third-order valence-corrected chi connectivity index (χ3v) is 4.24. The maximum atomic E-state index is 11.6. The van der Waals surface area contributed by atoms with Crippen LogP contribution < -0.4 is 10.6 Å². The topological polar surface area (TPSA) is 63.2 Å². The molecule has 116 valence electrons. The Bertz CT molecular complexity index is 465. The molecule has 1 atom stereocenters. The first-order valence-electron chi connectivity index (χ1n) is 7.20. The molecule has 1 amide bonds. The molecule has 21 heavy (non-hydrogen) atoms. The van der Waals surface area contributed by atoms with Crippen molar-refractivity contribution in [1.82, 2.24) is 4.98 Å². The Balaban J connectivity index is 1.79. The van der Waals surface area contributed by atoms with Crippen molar-refractivity contribution in [2.75, 3.05) is 28.7 Å². The summed E-state index contributed by atoms with van der Waals surface area (Å²) >= 11 is 2.01. The van der Waals surface area contributed by atoms with E-state index in [2.05, 4.69) is 15.6 Å². The molecule has 5 nitrogen and oxygen atoms in total. The summed E-state index contributed by atoms with van der Waals surface area (Å²) in [4.78, 5) is 15.8. The molecule has 1 aliphatic rings. The summed E-state index contributed by atoms with van der Waals surface area (Å²) in [5.74, 6) is 3.74. The molecule has 6 heteroatoms. The van der Waals surface area contributed by atoms with E-state index in [0.717, 1.165) is 18.2 Å². The fourth-order valence-corrected chi connectivity index (χ4v) is 3.27. The van der Waals surface area contributed by atoms with E-state index in [1.165, 1.54) is 17.9 Å². The van der Waals surface area contributed by atoms with Crippen molar-refractivity contribution in [3.63, 3.8) is 0 Å². The number of nitrogens with one attached hydrogen (secondary N) is 2. The summed E-state index contributed by atoms with van der Waals surface area (Å²) in [6.07, 6.45) is 2.52. The molecule has 0 bridgehead atoms. The summed E-state index contributed by atoms with van der Waals surface area (Å²) in [5.41, 5.74) is 0.465. The zero-order chi connectivity index (χ0) is 15.3. The highest BCUT2D eigenvalue weighted by Crippen LogP contribution is 2.23. The molecule has 2 rings (SSSR count). The average molecular weight is 309 g/mol. The van der Waals surface area contributed by atoms with Gasteiger partial charge in [0.1, 0.15) is 11.4 Å². The Labute approximate surface area is 130 Å². The third-order valence-electron chi connectivity index (χ3n) is 3.01. The van der Waals surface area contributed by atoms with Crippen molar-refractivity contribution < 1.29 is 9.53 Å². The van der Waals surface area contributed by atoms with Gasteiger partial charge in [-0.2, -0.15) is 11.8 Å². The quantitative estimate of drug-likeness (QED) is 0.890. The highest BCUT2D eigenvalue weighted by molar-refractivity contribution is 7.99. The van der Waals surface area contributed by atoms with Gasteiger partial charge in [0.15, 0.2) is 0 Å². The molecule has 0 aliphatic carbocycles. The van der Waals surface area contributed by atoms with Gasteiger partial charge in [-0.1, -0.05) is 0 Å². The van der Waals surface area contributed by atoms with Crippen LogP contribution in [-0.4, -0.2) is 34.7 Å². The minimum atomic E-state index is -0.509. The van der Waals surface area contributed by atoms with Crippen molar-refractivity contribution in [2.24, 2.45) is 5.92 Å². The zero-order valence-corrected chi connectivity index (χ0v) is 13.6. The number of rotatable bonds is 4. The van der Waals surface area contributed by atoms with Crippen LogP contribution in [0.3, 0.4) is 0 Å².